The van der Waals surface area contributed by atoms with Crippen LogP contribution in [0.5, 0.6) is 0 Å². The molecule has 0 aromatic carbocycles. The molecular weight excluding hydrogens is 204 g/mol. The average molecular weight is 214 g/mol. The lowest BCUT2D eigenvalue weighted by Gasteiger charge is -2.13. The molecule has 1 N–H and O–H groups in total. The molecule has 0 radical (unpaired) electrons. The van der Waals surface area contributed by atoms with Gasteiger partial charge < -0.3 is 5.11 Å². The standard InChI is InChI=1S/C8H10N2O3S/c11-3-5-1-7(13)10(2-5)8-9-6(12)4-14-8/h5,11H,1-4H2. The van der Waals surface area contributed by atoms with Gasteiger partial charge in [0.05, 0.1) is 5.75 Å². The zero-order chi connectivity index (χ0) is 10.1. The molecule has 2 aliphatic heterocycles. The molecule has 1 atom stereocenters. The quantitative estimate of drug-likeness (QED) is 0.636. The number of hydrogen-bond donors (Lipinski definition) is 1. The lowest BCUT2D eigenvalue weighted by molar-refractivity contribution is -0.124. The summed E-state index contributed by atoms with van der Waals surface area (Å²) in [5.74, 6) is 0.0693. The molecule has 0 saturated carbocycles. The topological polar surface area (TPSA) is 70.0 Å². The van der Waals surface area contributed by atoms with Crippen LogP contribution in [0.25, 0.3) is 0 Å². The molecule has 0 aromatic heterocycles. The van der Waals surface area contributed by atoms with Gasteiger partial charge in [0.2, 0.25) is 5.91 Å². The maximum Gasteiger partial charge on any atom is 0.258 e. The summed E-state index contributed by atoms with van der Waals surface area (Å²) in [6, 6.07) is 0. The van der Waals surface area contributed by atoms with E-state index in [0.717, 1.165) is 0 Å². The molecule has 1 unspecified atom stereocenters. The predicted octanol–water partition coefficient (Wildman–Crippen LogP) is -0.543. The smallest absolute Gasteiger partial charge is 0.258 e. The van der Waals surface area contributed by atoms with Crippen molar-refractivity contribution in [1.82, 2.24) is 4.90 Å². The maximum atomic E-state index is 11.4. The first-order valence-electron chi connectivity index (χ1n) is 4.36. The van der Waals surface area contributed by atoms with Crippen molar-refractivity contribution in [3.63, 3.8) is 0 Å². The van der Waals surface area contributed by atoms with Gasteiger partial charge in [-0.2, -0.15) is 4.99 Å². The van der Waals surface area contributed by atoms with Crippen LogP contribution in [0.4, 0.5) is 0 Å². The van der Waals surface area contributed by atoms with Gasteiger partial charge in [-0.05, 0) is 0 Å². The number of carbonyl (C=O) groups excluding carboxylic acids is 2. The highest BCUT2D eigenvalue weighted by molar-refractivity contribution is 8.14. The van der Waals surface area contributed by atoms with Crippen LogP contribution in [-0.4, -0.2) is 45.9 Å². The minimum Gasteiger partial charge on any atom is -0.396 e. The van der Waals surface area contributed by atoms with Gasteiger partial charge in [-0.3, -0.25) is 14.5 Å². The Kier molecular flexibility index (Phi) is 2.56. The SMILES string of the molecule is O=C1CSC(N2CC(CO)CC2=O)=N1. The van der Waals surface area contributed by atoms with E-state index in [-0.39, 0.29) is 24.3 Å². The number of aliphatic imine (C=N–C) groups is 1. The van der Waals surface area contributed by atoms with Crippen molar-refractivity contribution in [2.45, 2.75) is 6.42 Å². The van der Waals surface area contributed by atoms with E-state index < -0.39 is 0 Å². The van der Waals surface area contributed by atoms with Gasteiger partial charge >= 0.3 is 0 Å². The van der Waals surface area contributed by atoms with E-state index >= 15 is 0 Å². The van der Waals surface area contributed by atoms with Crippen molar-refractivity contribution in [1.29, 1.82) is 0 Å². The van der Waals surface area contributed by atoms with Crippen LogP contribution in [0.1, 0.15) is 6.42 Å². The first-order valence-corrected chi connectivity index (χ1v) is 5.35. The number of carbonyl (C=O) groups is 2. The van der Waals surface area contributed by atoms with Gasteiger partial charge in [-0.1, -0.05) is 11.8 Å². The van der Waals surface area contributed by atoms with E-state index in [4.69, 9.17) is 5.11 Å². The van der Waals surface area contributed by atoms with Crippen LogP contribution in [0, 0.1) is 5.92 Å². The Morgan fingerprint density at radius 3 is 2.86 bits per heavy atom. The number of thioether (sulfide) groups is 1. The van der Waals surface area contributed by atoms with Crippen molar-refractivity contribution in [3.05, 3.63) is 0 Å². The molecule has 1 fully saturated rings. The number of likely N-dealkylation sites (tertiary alicyclic amines) is 1. The number of amides is 2. The molecule has 5 nitrogen and oxygen atoms in total. The Morgan fingerprint density at radius 2 is 2.36 bits per heavy atom. The number of nitrogens with zero attached hydrogens (tertiary/aromatic N) is 2. The fourth-order valence-corrected chi connectivity index (χ4v) is 2.34. The summed E-state index contributed by atoms with van der Waals surface area (Å²) in [5, 5.41) is 9.40. The average Bonchev–Trinajstić information content (AvgIpc) is 2.71. The molecule has 2 aliphatic rings. The summed E-state index contributed by atoms with van der Waals surface area (Å²) < 4.78 is 0. The summed E-state index contributed by atoms with van der Waals surface area (Å²) >= 11 is 1.29. The first kappa shape index (κ1) is 9.67. The molecule has 0 spiro atoms. The fourth-order valence-electron chi connectivity index (χ4n) is 1.52. The van der Waals surface area contributed by atoms with Crippen LogP contribution in [0.2, 0.25) is 0 Å². The van der Waals surface area contributed by atoms with Crippen molar-refractivity contribution in [3.8, 4) is 0 Å². The summed E-state index contributed by atoms with van der Waals surface area (Å²) in [4.78, 5) is 27.6. The number of rotatable bonds is 1. The van der Waals surface area contributed by atoms with Gasteiger partial charge in [-0.25, -0.2) is 0 Å². The Balaban J connectivity index is 2.09. The molecule has 0 bridgehead atoms. The third-order valence-corrected chi connectivity index (χ3v) is 3.20. The van der Waals surface area contributed by atoms with Gasteiger partial charge in [0.15, 0.2) is 5.17 Å². The number of aliphatic hydroxyl groups excluding tert-OH is 1. The van der Waals surface area contributed by atoms with Crippen molar-refractivity contribution >= 4 is 28.7 Å². The lowest BCUT2D eigenvalue weighted by Crippen LogP contribution is -2.29. The second-order valence-electron chi connectivity index (χ2n) is 3.33. The minimum absolute atomic E-state index is 0.00807. The summed E-state index contributed by atoms with van der Waals surface area (Å²) in [7, 11) is 0. The third kappa shape index (κ3) is 1.67. The van der Waals surface area contributed by atoms with Crippen molar-refractivity contribution in [2.75, 3.05) is 18.9 Å². The van der Waals surface area contributed by atoms with E-state index in [0.29, 0.717) is 23.9 Å². The summed E-state index contributed by atoms with van der Waals surface area (Å²) in [5.41, 5.74) is 0. The predicted molar refractivity (Wildman–Crippen MR) is 51.8 cm³/mol. The molecule has 76 valence electrons. The minimum atomic E-state index is -0.190. The molecule has 2 amide bonds. The zero-order valence-corrected chi connectivity index (χ0v) is 8.29. The molecular formula is C8H10N2O3S. The Morgan fingerprint density at radius 1 is 1.57 bits per heavy atom. The van der Waals surface area contributed by atoms with E-state index in [1.165, 1.54) is 16.7 Å². The largest absolute Gasteiger partial charge is 0.396 e. The fraction of sp³-hybridized carbons (Fsp3) is 0.625. The van der Waals surface area contributed by atoms with Crippen LogP contribution in [-0.2, 0) is 9.59 Å². The zero-order valence-electron chi connectivity index (χ0n) is 7.47. The molecule has 0 aliphatic carbocycles. The molecule has 6 heteroatoms. The monoisotopic (exact) mass is 214 g/mol. The summed E-state index contributed by atoms with van der Waals surface area (Å²) in [6.45, 7) is 0.489. The first-order chi connectivity index (χ1) is 6.70. The van der Waals surface area contributed by atoms with Gasteiger partial charge in [0, 0.05) is 25.5 Å². The number of hydrogen-bond acceptors (Lipinski definition) is 4. The Labute approximate surface area is 85.2 Å². The van der Waals surface area contributed by atoms with E-state index in [9.17, 15) is 9.59 Å². The van der Waals surface area contributed by atoms with Crippen molar-refractivity contribution < 1.29 is 14.7 Å². The highest BCUT2D eigenvalue weighted by Crippen LogP contribution is 2.24. The Hall–Kier alpha value is -0.880. The molecule has 1 saturated heterocycles. The van der Waals surface area contributed by atoms with Crippen LogP contribution < -0.4 is 0 Å². The second kappa shape index (κ2) is 3.70. The number of amidine groups is 1. The lowest BCUT2D eigenvalue weighted by atomic mass is 10.1. The molecule has 2 heterocycles. The molecule has 2 rings (SSSR count). The van der Waals surface area contributed by atoms with E-state index in [1.54, 1.807) is 0 Å². The summed E-state index contributed by atoms with van der Waals surface area (Å²) in [6.07, 6.45) is 0.351. The molecule has 14 heavy (non-hydrogen) atoms. The van der Waals surface area contributed by atoms with Crippen LogP contribution in [0.3, 0.4) is 0 Å². The van der Waals surface area contributed by atoms with Gasteiger partial charge in [0.1, 0.15) is 0 Å². The maximum absolute atomic E-state index is 11.4. The molecule has 0 aromatic rings. The highest BCUT2D eigenvalue weighted by Gasteiger charge is 2.34. The van der Waals surface area contributed by atoms with E-state index in [1.807, 2.05) is 0 Å². The third-order valence-electron chi connectivity index (χ3n) is 2.24. The highest BCUT2D eigenvalue weighted by atomic mass is 32.2. The van der Waals surface area contributed by atoms with Crippen LogP contribution in [0.15, 0.2) is 4.99 Å². The normalized spacial score (nSPS) is 27.4. The van der Waals surface area contributed by atoms with E-state index in [2.05, 4.69) is 4.99 Å². The van der Waals surface area contributed by atoms with Crippen molar-refractivity contribution in [2.24, 2.45) is 10.9 Å². The van der Waals surface area contributed by atoms with Gasteiger partial charge in [-0.15, -0.1) is 0 Å². The van der Waals surface area contributed by atoms with Gasteiger partial charge in [0.25, 0.3) is 5.91 Å². The second-order valence-corrected chi connectivity index (χ2v) is 4.28. The number of aliphatic hydroxyl groups is 1. The van der Waals surface area contributed by atoms with Crippen LogP contribution >= 0.6 is 11.8 Å². The Bertz CT molecular complexity index is 316.